The number of thiocyanates is 1. The molecule has 5 nitrogen and oxygen atoms in total. The minimum absolute atomic E-state index is 0.0927. The van der Waals surface area contributed by atoms with Crippen LogP contribution in [0.5, 0.6) is 0 Å². The van der Waals surface area contributed by atoms with Crippen LogP contribution in [-0.4, -0.2) is 21.4 Å². The summed E-state index contributed by atoms with van der Waals surface area (Å²) >= 11 is 7.31. The molecule has 0 radical (unpaired) electrons. The molecule has 2 atom stereocenters. The monoisotopic (exact) mass is 432 g/mol. The van der Waals surface area contributed by atoms with E-state index in [9.17, 15) is 8.78 Å². The minimum atomic E-state index is -1.19. The zero-order chi connectivity index (χ0) is 20.4. The lowest BCUT2D eigenvalue weighted by Crippen LogP contribution is -2.38. The van der Waals surface area contributed by atoms with Crippen molar-refractivity contribution in [3.05, 3.63) is 76.6 Å². The number of thioether (sulfide) groups is 1. The highest BCUT2D eigenvalue weighted by Gasteiger charge is 2.49. The zero-order valence-electron chi connectivity index (χ0n) is 15.1. The summed E-state index contributed by atoms with van der Waals surface area (Å²) in [6.45, 7) is 0.456. The quantitative estimate of drug-likeness (QED) is 0.424. The van der Waals surface area contributed by atoms with E-state index in [0.29, 0.717) is 23.2 Å². The van der Waals surface area contributed by atoms with Gasteiger partial charge in [0.1, 0.15) is 29.0 Å². The van der Waals surface area contributed by atoms with Gasteiger partial charge < -0.3 is 4.74 Å². The number of halogens is 3. The maximum absolute atomic E-state index is 15.0. The second-order valence-electron chi connectivity index (χ2n) is 6.62. The molecule has 2 heterocycles. The van der Waals surface area contributed by atoms with Crippen molar-refractivity contribution in [3.8, 4) is 5.40 Å². The summed E-state index contributed by atoms with van der Waals surface area (Å²) in [5.74, 6) is -1.69. The van der Waals surface area contributed by atoms with Crippen molar-refractivity contribution in [1.29, 1.82) is 5.26 Å². The van der Waals surface area contributed by atoms with Crippen molar-refractivity contribution in [2.24, 2.45) is 0 Å². The maximum atomic E-state index is 15.0. The molecule has 2 aromatic carbocycles. The van der Waals surface area contributed by atoms with Gasteiger partial charge in [-0.05, 0) is 24.1 Å². The van der Waals surface area contributed by atoms with Crippen molar-refractivity contribution in [2.45, 2.75) is 29.6 Å². The second-order valence-corrected chi connectivity index (χ2v) is 7.78. The van der Waals surface area contributed by atoms with Gasteiger partial charge in [0.2, 0.25) is 5.16 Å². The normalized spacial score (nSPS) is 21.2. The zero-order valence-corrected chi connectivity index (χ0v) is 16.6. The van der Waals surface area contributed by atoms with Gasteiger partial charge in [0.05, 0.1) is 6.54 Å². The Morgan fingerprint density at radius 2 is 2.14 bits per heavy atom. The Bertz CT molecular complexity index is 1090. The summed E-state index contributed by atoms with van der Waals surface area (Å²) in [5, 5.41) is 16.1. The molecule has 148 valence electrons. The number of nitriles is 1. The van der Waals surface area contributed by atoms with Crippen molar-refractivity contribution in [3.63, 3.8) is 0 Å². The molecule has 0 bridgehead atoms. The topological polar surface area (TPSA) is 63.7 Å². The molecule has 29 heavy (non-hydrogen) atoms. The fourth-order valence-electron chi connectivity index (χ4n) is 3.90. The Labute approximate surface area is 175 Å². The van der Waals surface area contributed by atoms with Crippen molar-refractivity contribution in [1.82, 2.24) is 14.8 Å². The van der Waals surface area contributed by atoms with Crippen molar-refractivity contribution in [2.75, 3.05) is 6.61 Å². The second kappa shape index (κ2) is 8.11. The summed E-state index contributed by atoms with van der Waals surface area (Å²) < 4.78 is 36.3. The van der Waals surface area contributed by atoms with Gasteiger partial charge in [-0.1, -0.05) is 35.9 Å². The van der Waals surface area contributed by atoms with E-state index in [0.717, 1.165) is 23.4 Å². The van der Waals surface area contributed by atoms with Crippen LogP contribution in [0.1, 0.15) is 23.5 Å². The smallest absolute Gasteiger partial charge is 0.200 e. The van der Waals surface area contributed by atoms with Gasteiger partial charge in [-0.15, -0.1) is 0 Å². The molecule has 0 saturated carbocycles. The SMILES string of the molecule is N#CSc1ncnn1C[C@]1(c2ccc(F)cc2F)OCC[C@H]1c1ccccc1Cl. The van der Waals surface area contributed by atoms with E-state index >= 15 is 0 Å². The Kier molecular flexibility index (Phi) is 5.54. The molecule has 1 aromatic heterocycles. The summed E-state index contributed by atoms with van der Waals surface area (Å²) in [6, 6.07) is 10.8. The largest absolute Gasteiger partial charge is 0.368 e. The highest BCUT2D eigenvalue weighted by molar-refractivity contribution is 8.03. The van der Waals surface area contributed by atoms with E-state index in [4.69, 9.17) is 21.6 Å². The van der Waals surface area contributed by atoms with Crippen LogP contribution < -0.4 is 0 Å². The van der Waals surface area contributed by atoms with Crippen LogP contribution in [0.3, 0.4) is 0 Å². The molecular weight excluding hydrogens is 418 g/mol. The predicted octanol–water partition coefficient (Wildman–Crippen LogP) is 4.88. The Balaban J connectivity index is 1.88. The third-order valence-electron chi connectivity index (χ3n) is 5.10. The van der Waals surface area contributed by atoms with Crippen LogP contribution >= 0.6 is 23.4 Å². The number of hydrogen-bond donors (Lipinski definition) is 0. The van der Waals surface area contributed by atoms with E-state index in [1.165, 1.54) is 23.1 Å². The first-order valence-corrected chi connectivity index (χ1v) is 10.0. The standard InChI is InChI=1S/C20H15ClF2N4OS/c21-17-4-2-1-3-14(17)15-7-8-28-20(15,16-6-5-13(22)9-18(16)23)10-27-19(29-11-24)25-12-26-27/h1-6,9,12,15H,7-8,10H2/t15-,20-/m0/s1. The van der Waals surface area contributed by atoms with Crippen LogP contribution in [0.4, 0.5) is 8.78 Å². The molecule has 1 fully saturated rings. The van der Waals surface area contributed by atoms with Crippen LogP contribution in [0, 0.1) is 22.3 Å². The van der Waals surface area contributed by atoms with E-state index < -0.39 is 17.2 Å². The molecule has 0 amide bonds. The summed E-state index contributed by atoms with van der Waals surface area (Å²) in [6.07, 6.45) is 1.92. The lowest BCUT2D eigenvalue weighted by Gasteiger charge is -2.36. The Hall–Kier alpha value is -2.47. The van der Waals surface area contributed by atoms with E-state index in [2.05, 4.69) is 10.1 Å². The third-order valence-corrected chi connectivity index (χ3v) is 6.03. The molecule has 4 rings (SSSR count). The number of benzene rings is 2. The van der Waals surface area contributed by atoms with Crippen LogP contribution in [0.25, 0.3) is 0 Å². The average Bonchev–Trinajstić information content (AvgIpc) is 3.30. The first-order chi connectivity index (χ1) is 14.0. The molecule has 1 aliphatic rings. The van der Waals surface area contributed by atoms with Gasteiger partial charge in [0, 0.05) is 40.9 Å². The van der Waals surface area contributed by atoms with Gasteiger partial charge in [-0.2, -0.15) is 10.4 Å². The van der Waals surface area contributed by atoms with Crippen LogP contribution in [-0.2, 0) is 16.9 Å². The molecule has 0 aliphatic carbocycles. The molecular formula is C20H15ClF2N4OS. The first kappa shape index (κ1) is 19.8. The molecule has 3 aromatic rings. The maximum Gasteiger partial charge on any atom is 0.200 e. The van der Waals surface area contributed by atoms with Crippen LogP contribution in [0.15, 0.2) is 53.9 Å². The molecule has 9 heteroatoms. The third kappa shape index (κ3) is 3.62. The van der Waals surface area contributed by atoms with E-state index in [-0.39, 0.29) is 18.0 Å². The summed E-state index contributed by atoms with van der Waals surface area (Å²) in [7, 11) is 0. The fourth-order valence-corrected chi connectivity index (χ4v) is 4.57. The number of rotatable bonds is 5. The molecule has 1 saturated heterocycles. The van der Waals surface area contributed by atoms with E-state index in [1.54, 1.807) is 6.07 Å². The number of aromatic nitrogens is 3. The van der Waals surface area contributed by atoms with Crippen molar-refractivity contribution >= 4 is 23.4 Å². The minimum Gasteiger partial charge on any atom is -0.368 e. The van der Waals surface area contributed by atoms with Gasteiger partial charge in [0.15, 0.2) is 0 Å². The number of hydrogen-bond acceptors (Lipinski definition) is 5. The molecule has 0 N–H and O–H groups in total. The summed E-state index contributed by atoms with van der Waals surface area (Å²) in [5.41, 5.74) is -0.170. The highest BCUT2D eigenvalue weighted by atomic mass is 35.5. The number of nitrogens with zero attached hydrogens (tertiary/aromatic N) is 4. The lowest BCUT2D eigenvalue weighted by molar-refractivity contribution is -0.0318. The molecule has 0 spiro atoms. The average molecular weight is 433 g/mol. The fraction of sp³-hybridized carbons (Fsp3) is 0.250. The van der Waals surface area contributed by atoms with Gasteiger partial charge in [-0.25, -0.2) is 18.4 Å². The highest BCUT2D eigenvalue weighted by Crippen LogP contribution is 2.50. The van der Waals surface area contributed by atoms with Gasteiger partial charge in [-0.3, -0.25) is 0 Å². The lowest BCUT2D eigenvalue weighted by atomic mass is 9.77. The van der Waals surface area contributed by atoms with Gasteiger partial charge in [0.25, 0.3) is 0 Å². The first-order valence-electron chi connectivity index (χ1n) is 8.83. The Morgan fingerprint density at radius 1 is 1.31 bits per heavy atom. The van der Waals surface area contributed by atoms with E-state index in [1.807, 2.05) is 23.6 Å². The van der Waals surface area contributed by atoms with Gasteiger partial charge >= 0.3 is 0 Å². The Morgan fingerprint density at radius 3 is 2.90 bits per heavy atom. The molecule has 0 unspecified atom stereocenters. The van der Waals surface area contributed by atoms with Crippen molar-refractivity contribution < 1.29 is 13.5 Å². The number of ether oxygens (including phenoxy) is 1. The predicted molar refractivity (Wildman–Crippen MR) is 104 cm³/mol. The van der Waals surface area contributed by atoms with Crippen LogP contribution in [0.2, 0.25) is 5.02 Å². The summed E-state index contributed by atoms with van der Waals surface area (Å²) in [4.78, 5) is 4.08. The molecule has 1 aliphatic heterocycles.